The highest BCUT2D eigenvalue weighted by atomic mass is 31.3. The van der Waals surface area contributed by atoms with Gasteiger partial charge in [-0.25, -0.2) is 39.0 Å². The molecule has 4 saturated heterocycles. The van der Waals surface area contributed by atoms with Gasteiger partial charge in [0.1, 0.15) is 35.1 Å². The van der Waals surface area contributed by atoms with Gasteiger partial charge in [-0.2, -0.15) is 0 Å². The molecule has 0 aliphatic carbocycles. The van der Waals surface area contributed by atoms with Crippen LogP contribution in [0.5, 0.6) is 17.2 Å². The number of hydrogen-bond acceptors (Lipinski definition) is 26. The van der Waals surface area contributed by atoms with E-state index in [4.69, 9.17) is 55.6 Å². The van der Waals surface area contributed by atoms with Crippen LogP contribution in [0.25, 0.3) is 11.3 Å². The van der Waals surface area contributed by atoms with Crippen molar-refractivity contribution in [2.24, 2.45) is 0 Å². The third-order valence-corrected chi connectivity index (χ3v) is 28.1. The molecule has 6 atom stereocenters. The number of fused-ring (bicyclic) bond motifs is 2. The van der Waals surface area contributed by atoms with Crippen molar-refractivity contribution in [2.45, 2.75) is 94.0 Å². The van der Waals surface area contributed by atoms with E-state index < -0.39 is 124 Å². The molecule has 8 aromatic rings. The maximum Gasteiger partial charge on any atom is 0.514 e. The van der Waals surface area contributed by atoms with Crippen LogP contribution < -0.4 is 14.2 Å². The molecule has 36 nitrogen and oxygen atoms in total. The second-order valence-electron chi connectivity index (χ2n) is 21.9. The number of carbonyl (C=O) groups excluding carboxylic acids is 4. The summed E-state index contributed by atoms with van der Waals surface area (Å²) in [5.41, 5.74) is 1.72. The van der Waals surface area contributed by atoms with E-state index in [1.54, 1.807) is 85.3 Å². The predicted molar refractivity (Wildman–Crippen MR) is 334 cm³/mol. The molecular formula is C56H61N7O29P6. The number of amides is 2. The van der Waals surface area contributed by atoms with E-state index >= 15 is 0 Å². The highest BCUT2D eigenvalue weighted by molar-refractivity contribution is 7.73. The summed E-state index contributed by atoms with van der Waals surface area (Å²) >= 11 is 0. The van der Waals surface area contributed by atoms with Crippen LogP contribution in [0, 0.1) is 0 Å². The third-order valence-electron chi connectivity index (χ3n) is 14.3. The van der Waals surface area contributed by atoms with Gasteiger partial charge in [-0.3, -0.25) is 54.5 Å². The second kappa shape index (κ2) is 29.3. The summed E-state index contributed by atoms with van der Waals surface area (Å²) in [4.78, 5) is 124. The summed E-state index contributed by atoms with van der Waals surface area (Å²) in [5, 5.41) is 3.98. The summed E-state index contributed by atoms with van der Waals surface area (Å²) in [5.74, 6) is -0.482. The molecule has 5 aromatic heterocycles. The average Bonchev–Trinajstić information content (AvgIpc) is 0.842. The number of aliphatic hydroxyl groups is 1. The summed E-state index contributed by atoms with van der Waals surface area (Å²) in [6.07, 6.45) is -0.938. The van der Waals surface area contributed by atoms with Gasteiger partial charge in [-0.15, -0.1) is 0 Å². The molecule has 42 heteroatoms. The van der Waals surface area contributed by atoms with Crippen LogP contribution in [0.2, 0.25) is 0 Å². The summed E-state index contributed by atoms with van der Waals surface area (Å²) in [6.45, 7) is 5.68. The Morgan fingerprint density at radius 2 is 0.939 bits per heavy atom. The van der Waals surface area contributed by atoms with E-state index in [0.717, 1.165) is 9.47 Å². The van der Waals surface area contributed by atoms with Crippen molar-refractivity contribution in [3.8, 4) is 17.2 Å². The summed E-state index contributed by atoms with van der Waals surface area (Å²) in [6, 6.07) is 27.4. The minimum atomic E-state index is -5.17. The molecule has 4 aliphatic rings. The first-order valence-electron chi connectivity index (χ1n) is 28.9. The smallest absolute Gasteiger partial charge is 0.447 e. The summed E-state index contributed by atoms with van der Waals surface area (Å²) in [7, 11) is -29.2. The molecule has 7 N–H and O–H groups in total. The fourth-order valence-electron chi connectivity index (χ4n) is 9.72. The highest BCUT2D eigenvalue weighted by Crippen LogP contribution is 2.79. The van der Waals surface area contributed by atoms with Gasteiger partial charge in [-0.05, 0) is 70.2 Å². The van der Waals surface area contributed by atoms with Gasteiger partial charge in [0.15, 0.2) is 10.8 Å². The van der Waals surface area contributed by atoms with Gasteiger partial charge in [0.2, 0.25) is 18.9 Å². The number of benzene rings is 3. The van der Waals surface area contributed by atoms with E-state index in [-0.39, 0.29) is 59.9 Å². The van der Waals surface area contributed by atoms with Crippen LogP contribution in [-0.2, 0) is 88.1 Å². The number of aromatic nitrogens is 6. The number of imide groups is 1. The van der Waals surface area contributed by atoms with E-state index in [1.807, 2.05) is 0 Å². The monoisotopic (exact) mass is 1480 g/mol. The normalized spacial score (nSPS) is 29.2. The maximum atomic E-state index is 13.1. The molecule has 524 valence electrons. The van der Waals surface area contributed by atoms with E-state index in [0.29, 0.717) is 22.7 Å². The lowest BCUT2D eigenvalue weighted by Gasteiger charge is -2.41. The molecule has 2 amide bonds. The molecule has 4 fully saturated rings. The van der Waals surface area contributed by atoms with Crippen molar-refractivity contribution in [3.63, 3.8) is 0 Å². The van der Waals surface area contributed by atoms with Crippen LogP contribution >= 0.6 is 45.6 Å². The number of carbonyl (C=O) groups is 4. The lowest BCUT2D eigenvalue weighted by molar-refractivity contribution is -0.0618. The average molecular weight is 1480 g/mol. The lowest BCUT2D eigenvalue weighted by Crippen LogP contribution is -2.39. The molecular weight excluding hydrogens is 1420 g/mol. The van der Waals surface area contributed by atoms with Crippen molar-refractivity contribution in [1.82, 2.24) is 33.2 Å². The Bertz CT molecular complexity index is 4510. The van der Waals surface area contributed by atoms with Crippen LogP contribution in [0.1, 0.15) is 74.6 Å². The zero-order valence-corrected chi connectivity index (χ0v) is 56.8. The van der Waals surface area contributed by atoms with Crippen molar-refractivity contribution in [2.75, 3.05) is 13.2 Å². The lowest BCUT2D eigenvalue weighted by atomic mass is 10.2. The molecule has 98 heavy (non-hydrogen) atoms. The Labute approximate surface area is 554 Å². The van der Waals surface area contributed by atoms with Crippen LogP contribution in [-0.4, -0.2) is 133 Å². The standard InChI is InChI=1S/C20H19N3O10P2.C20H22N2O9P2.C16H20N2O10P2/c24-19-23(9-10-30-19)20(25)31-15-6-2-1-5-14(15)18-32-34(26,27)17(35(28,29)33-18)11-13-12-21-16-7-3-4-8-22(13)16;1-13(2)28-20(23)29-16-8-4-3-7-15(16)19-30-32(24,25)18(33(26,27)31-19)11-14-12-21-17-9-5-6-10-22(14)17;1-11(2)25-15(19)26-13-6-4-3-5-12(13)14-27-29(21,22)16(20,30(23,24)28-14)9-18-8-7-17-10-18/h1-8,12,17-18H,9-11H2,(H,26,27)(H,28,29);3-10,12-13,18-19H,11H2,1-2H3,(H,24,25)(H,26,27);3-8,10-11,14,20H,9H2,1-2H3,(H,21,22)(H,23,24). The van der Waals surface area contributed by atoms with E-state index in [2.05, 4.69) is 15.0 Å². The molecule has 3 aromatic carbocycles. The Balaban J connectivity index is 0.000000160. The number of imidazole rings is 3. The first-order valence-corrected chi connectivity index (χ1v) is 38.7. The molecule has 9 heterocycles. The maximum absolute atomic E-state index is 13.1. The van der Waals surface area contributed by atoms with Crippen LogP contribution in [0.3, 0.4) is 0 Å². The number of pyridine rings is 2. The molecule has 0 saturated carbocycles. The van der Waals surface area contributed by atoms with Crippen molar-refractivity contribution >= 4 is 81.4 Å². The summed E-state index contributed by atoms with van der Waals surface area (Å²) < 4.78 is 143. The third kappa shape index (κ3) is 16.3. The number of cyclic esters (lactones) is 1. The van der Waals surface area contributed by atoms with Gasteiger partial charge < -0.3 is 76.3 Å². The Morgan fingerprint density at radius 1 is 0.551 bits per heavy atom. The minimum absolute atomic E-state index is 0.0136. The fraction of sp³-hybridized carbons (Fsp3) is 0.304. The van der Waals surface area contributed by atoms with Crippen molar-refractivity contribution in [3.05, 3.63) is 181 Å². The number of nitrogens with zero attached hydrogens (tertiary/aromatic N) is 7. The minimum Gasteiger partial charge on any atom is -0.447 e. The zero-order chi connectivity index (χ0) is 70.8. The van der Waals surface area contributed by atoms with Gasteiger partial charge in [0.25, 0.3) is 5.08 Å². The molecule has 6 unspecified atom stereocenters. The Hall–Kier alpha value is -7.61. The number of para-hydroxylation sites is 3. The van der Waals surface area contributed by atoms with Crippen molar-refractivity contribution in [1.29, 1.82) is 0 Å². The molecule has 0 radical (unpaired) electrons. The Morgan fingerprint density at radius 3 is 1.32 bits per heavy atom. The number of ether oxygens (including phenoxy) is 6. The Kier molecular flexibility index (Phi) is 21.9. The molecule has 4 aliphatic heterocycles. The van der Waals surface area contributed by atoms with Crippen LogP contribution in [0.15, 0.2) is 153 Å². The predicted octanol–water partition coefficient (Wildman–Crippen LogP) is 10.1. The van der Waals surface area contributed by atoms with Crippen molar-refractivity contribution < 1.29 is 137 Å². The van der Waals surface area contributed by atoms with E-state index in [1.165, 1.54) is 104 Å². The number of rotatable bonds is 14. The molecule has 12 rings (SSSR count). The quantitative estimate of drug-likeness (QED) is 0.0230. The van der Waals surface area contributed by atoms with Gasteiger partial charge in [0, 0.05) is 61.4 Å². The first-order chi connectivity index (χ1) is 46.2. The van der Waals surface area contributed by atoms with E-state index in [9.17, 15) is 81.0 Å². The SMILES string of the molecule is CC(C)OC(=O)Oc1ccccc1C1OP(=O)(O)C(Cc2cnc3ccccn23)P(=O)(O)O1.CC(C)OC(=O)Oc1ccccc1C1OP(=O)(O)C(O)(Cn2ccnc2)P(=O)(O)O1.O=C1OCCN1C(=O)Oc1ccccc1C1OP(=O)(O)C(Cc2cnc3ccccn23)P(=O)(O)O1. The fourth-order valence-corrected chi connectivity index (χ4v) is 20.9. The zero-order valence-electron chi connectivity index (χ0n) is 51.4. The topological polar surface area (TPSA) is 479 Å². The van der Waals surface area contributed by atoms with Crippen LogP contribution in [0.4, 0.5) is 19.2 Å². The second-order valence-corrected chi connectivity index (χ2v) is 34.9. The van der Waals surface area contributed by atoms with Gasteiger partial charge in [0.05, 0.1) is 48.3 Å². The highest BCUT2D eigenvalue weighted by Gasteiger charge is 2.68. The van der Waals surface area contributed by atoms with Gasteiger partial charge in [-0.1, -0.05) is 66.7 Å². The number of hydrogen-bond donors (Lipinski definition) is 7. The first kappa shape index (κ1) is 73.1. The molecule has 0 bridgehead atoms. The largest absolute Gasteiger partial charge is 0.514 e. The molecule has 0 spiro atoms. The van der Waals surface area contributed by atoms with Gasteiger partial charge >= 0.3 is 70.1 Å².